The molecular formula is C14H24ClNS. The molecule has 0 aliphatic carbocycles. The lowest BCUT2D eigenvalue weighted by Gasteiger charge is -2.27. The molecule has 1 atom stereocenters. The average Bonchev–Trinajstić information content (AvgIpc) is 2.76. The highest BCUT2D eigenvalue weighted by molar-refractivity contribution is 7.09. The predicted octanol–water partition coefficient (Wildman–Crippen LogP) is 4.61. The minimum absolute atomic E-state index is 0.611. The summed E-state index contributed by atoms with van der Waals surface area (Å²) in [4.78, 5) is 4.01. The number of nitrogens with zero attached hydrogens (tertiary/aromatic N) is 1. The zero-order chi connectivity index (χ0) is 12.7. The van der Waals surface area contributed by atoms with Gasteiger partial charge in [0.15, 0.2) is 0 Å². The van der Waals surface area contributed by atoms with Gasteiger partial charge in [-0.1, -0.05) is 13.0 Å². The lowest BCUT2D eigenvalue weighted by atomic mass is 10.0. The summed E-state index contributed by atoms with van der Waals surface area (Å²) in [5.41, 5.74) is 0. The Morgan fingerprint density at radius 1 is 1.29 bits per heavy atom. The Morgan fingerprint density at radius 3 is 2.59 bits per heavy atom. The van der Waals surface area contributed by atoms with Crippen LogP contribution < -0.4 is 0 Å². The van der Waals surface area contributed by atoms with Gasteiger partial charge in [0, 0.05) is 23.3 Å². The van der Waals surface area contributed by atoms with Crippen molar-refractivity contribution in [1.82, 2.24) is 4.90 Å². The highest BCUT2D eigenvalue weighted by Gasteiger charge is 2.12. The maximum Gasteiger partial charge on any atom is 0.0330 e. The van der Waals surface area contributed by atoms with Crippen molar-refractivity contribution in [3.8, 4) is 0 Å². The third-order valence-corrected chi connectivity index (χ3v) is 4.26. The van der Waals surface area contributed by atoms with Gasteiger partial charge in [0.2, 0.25) is 0 Å². The van der Waals surface area contributed by atoms with Gasteiger partial charge < -0.3 is 0 Å². The highest BCUT2D eigenvalue weighted by Crippen LogP contribution is 2.16. The Hall–Kier alpha value is -0.0500. The largest absolute Gasteiger partial charge is 0.296 e. The summed E-state index contributed by atoms with van der Waals surface area (Å²) in [6.45, 7) is 9.11. The normalized spacial score (nSPS) is 13.5. The van der Waals surface area contributed by atoms with E-state index < -0.39 is 0 Å². The van der Waals surface area contributed by atoms with E-state index in [0.717, 1.165) is 24.8 Å². The molecule has 1 rings (SSSR count). The van der Waals surface area contributed by atoms with E-state index in [2.05, 4.69) is 43.2 Å². The molecule has 0 aliphatic heterocycles. The first-order valence-electron chi connectivity index (χ1n) is 6.46. The van der Waals surface area contributed by atoms with Gasteiger partial charge in [-0.3, -0.25) is 4.90 Å². The summed E-state index contributed by atoms with van der Waals surface area (Å²) in [7, 11) is 0. The molecule has 1 aromatic heterocycles. The van der Waals surface area contributed by atoms with E-state index >= 15 is 0 Å². The Labute approximate surface area is 115 Å². The number of hydrogen-bond acceptors (Lipinski definition) is 2. The molecule has 0 saturated heterocycles. The van der Waals surface area contributed by atoms with E-state index in [0.29, 0.717) is 6.04 Å². The van der Waals surface area contributed by atoms with E-state index in [4.69, 9.17) is 11.6 Å². The molecule has 0 amide bonds. The molecular weight excluding hydrogens is 250 g/mol. The van der Waals surface area contributed by atoms with Crippen molar-refractivity contribution in [3.05, 3.63) is 22.4 Å². The van der Waals surface area contributed by atoms with Gasteiger partial charge in [-0.25, -0.2) is 0 Å². The summed E-state index contributed by atoms with van der Waals surface area (Å²) in [6, 6.07) is 4.97. The van der Waals surface area contributed by atoms with Gasteiger partial charge >= 0.3 is 0 Å². The minimum atomic E-state index is 0.611. The van der Waals surface area contributed by atoms with Crippen LogP contribution in [-0.2, 0) is 6.54 Å². The Morgan fingerprint density at radius 2 is 2.06 bits per heavy atom. The topological polar surface area (TPSA) is 3.24 Å². The number of hydrogen-bond donors (Lipinski definition) is 0. The van der Waals surface area contributed by atoms with Crippen molar-refractivity contribution in [2.45, 2.75) is 46.2 Å². The first kappa shape index (κ1) is 15.0. The van der Waals surface area contributed by atoms with Crippen molar-refractivity contribution in [1.29, 1.82) is 0 Å². The van der Waals surface area contributed by atoms with Crippen molar-refractivity contribution in [2.75, 3.05) is 12.4 Å². The van der Waals surface area contributed by atoms with E-state index in [1.807, 2.05) is 11.3 Å². The smallest absolute Gasteiger partial charge is 0.0330 e. The van der Waals surface area contributed by atoms with Crippen LogP contribution in [-0.4, -0.2) is 23.4 Å². The molecule has 98 valence electrons. The van der Waals surface area contributed by atoms with Gasteiger partial charge in [-0.2, -0.15) is 0 Å². The van der Waals surface area contributed by atoms with Crippen LogP contribution in [0.5, 0.6) is 0 Å². The summed E-state index contributed by atoms with van der Waals surface area (Å²) >= 11 is 7.63. The summed E-state index contributed by atoms with van der Waals surface area (Å²) in [6.07, 6.45) is 2.38. The van der Waals surface area contributed by atoms with Gasteiger partial charge in [0.25, 0.3) is 0 Å². The molecule has 3 heteroatoms. The van der Waals surface area contributed by atoms with Gasteiger partial charge in [-0.15, -0.1) is 22.9 Å². The lowest BCUT2D eigenvalue weighted by molar-refractivity contribution is 0.200. The monoisotopic (exact) mass is 273 g/mol. The van der Waals surface area contributed by atoms with E-state index in [9.17, 15) is 0 Å². The molecule has 0 bridgehead atoms. The molecule has 1 aromatic rings. The van der Waals surface area contributed by atoms with Crippen molar-refractivity contribution < 1.29 is 0 Å². The second-order valence-corrected chi connectivity index (χ2v) is 6.43. The fraction of sp³-hybridized carbons (Fsp3) is 0.714. The van der Waals surface area contributed by atoms with Crippen molar-refractivity contribution in [3.63, 3.8) is 0 Å². The van der Waals surface area contributed by atoms with Gasteiger partial charge in [0.05, 0.1) is 0 Å². The fourth-order valence-electron chi connectivity index (χ4n) is 1.84. The standard InChI is InChI=1S/C14H24ClNS/c1-12(2)16(9-7-13(3)6-8-15)11-14-5-4-10-17-14/h4-5,10,12-13H,6-9,11H2,1-3H3. The molecule has 1 unspecified atom stereocenters. The van der Waals surface area contributed by atoms with Crippen LogP contribution in [0.3, 0.4) is 0 Å². The maximum absolute atomic E-state index is 5.78. The zero-order valence-electron chi connectivity index (χ0n) is 11.2. The molecule has 0 radical (unpaired) electrons. The molecule has 0 spiro atoms. The van der Waals surface area contributed by atoms with Gasteiger partial charge in [-0.05, 0) is 50.6 Å². The van der Waals surface area contributed by atoms with Gasteiger partial charge in [0.1, 0.15) is 0 Å². The lowest BCUT2D eigenvalue weighted by Crippen LogP contribution is -2.31. The molecule has 0 aliphatic rings. The third-order valence-electron chi connectivity index (χ3n) is 3.18. The summed E-state index contributed by atoms with van der Waals surface area (Å²) in [5, 5.41) is 2.16. The van der Waals surface area contributed by atoms with E-state index in [1.54, 1.807) is 0 Å². The van der Waals surface area contributed by atoms with Crippen molar-refractivity contribution in [2.24, 2.45) is 5.92 Å². The number of alkyl halides is 1. The number of rotatable bonds is 8. The maximum atomic E-state index is 5.78. The van der Waals surface area contributed by atoms with Crippen LogP contribution >= 0.6 is 22.9 Å². The van der Waals surface area contributed by atoms with Crippen LogP contribution in [0.2, 0.25) is 0 Å². The Bertz CT molecular complexity index is 284. The molecule has 0 aromatic carbocycles. The SMILES string of the molecule is CC(CCCl)CCN(Cc1cccs1)C(C)C. The zero-order valence-corrected chi connectivity index (χ0v) is 12.7. The van der Waals surface area contributed by atoms with Crippen LogP contribution in [0.1, 0.15) is 38.5 Å². The van der Waals surface area contributed by atoms with Crippen LogP contribution in [0.25, 0.3) is 0 Å². The first-order valence-corrected chi connectivity index (χ1v) is 7.87. The van der Waals surface area contributed by atoms with Crippen LogP contribution in [0, 0.1) is 5.92 Å². The Balaban J connectivity index is 2.38. The molecule has 17 heavy (non-hydrogen) atoms. The first-order chi connectivity index (χ1) is 8.13. The third kappa shape index (κ3) is 5.89. The molecule has 0 fully saturated rings. The minimum Gasteiger partial charge on any atom is -0.296 e. The molecule has 1 nitrogen and oxygen atoms in total. The second-order valence-electron chi connectivity index (χ2n) is 5.02. The Kier molecular flexibility index (Phi) is 7.17. The predicted molar refractivity (Wildman–Crippen MR) is 79.0 cm³/mol. The summed E-state index contributed by atoms with van der Waals surface area (Å²) < 4.78 is 0. The average molecular weight is 274 g/mol. The second kappa shape index (κ2) is 8.12. The summed E-state index contributed by atoms with van der Waals surface area (Å²) in [5.74, 6) is 1.52. The van der Waals surface area contributed by atoms with Crippen molar-refractivity contribution >= 4 is 22.9 Å². The number of thiophene rings is 1. The van der Waals surface area contributed by atoms with E-state index in [1.165, 1.54) is 17.8 Å². The fourth-order valence-corrected chi connectivity index (χ4v) is 2.94. The van der Waals surface area contributed by atoms with E-state index in [-0.39, 0.29) is 0 Å². The molecule has 1 heterocycles. The quantitative estimate of drug-likeness (QED) is 0.625. The highest BCUT2D eigenvalue weighted by atomic mass is 35.5. The van der Waals surface area contributed by atoms with Crippen LogP contribution in [0.4, 0.5) is 0 Å². The molecule has 0 saturated carbocycles. The number of halogens is 1. The molecule has 0 N–H and O–H groups in total. The van der Waals surface area contributed by atoms with Crippen LogP contribution in [0.15, 0.2) is 17.5 Å².